The fourth-order valence-electron chi connectivity index (χ4n) is 3.61. The van der Waals surface area contributed by atoms with Crippen LogP contribution in [0.15, 0.2) is 0 Å². The lowest BCUT2D eigenvalue weighted by molar-refractivity contribution is 0.0918. The van der Waals surface area contributed by atoms with Gasteiger partial charge in [-0.1, -0.05) is 13.8 Å². The van der Waals surface area contributed by atoms with Gasteiger partial charge >= 0.3 is 0 Å². The summed E-state index contributed by atoms with van der Waals surface area (Å²) in [4.78, 5) is 4.64. The van der Waals surface area contributed by atoms with Crippen LogP contribution in [0.5, 0.6) is 0 Å². The smallest absolute Gasteiger partial charge is 0.150 e. The molecule has 5 heteroatoms. The van der Waals surface area contributed by atoms with E-state index in [2.05, 4.69) is 28.8 Å². The van der Waals surface area contributed by atoms with Crippen LogP contribution < -0.4 is 5.32 Å². The van der Waals surface area contributed by atoms with Gasteiger partial charge in [0.2, 0.25) is 0 Å². The zero-order chi connectivity index (χ0) is 14.9. The molecule has 1 aromatic rings. The van der Waals surface area contributed by atoms with Crippen LogP contribution in [-0.2, 0) is 12.8 Å². The number of aliphatic hydroxyl groups excluding tert-OH is 1. The van der Waals surface area contributed by atoms with Crippen molar-refractivity contribution >= 4 is 0 Å². The molecule has 5 nitrogen and oxygen atoms in total. The summed E-state index contributed by atoms with van der Waals surface area (Å²) >= 11 is 0. The summed E-state index contributed by atoms with van der Waals surface area (Å²) in [5.74, 6) is 2.04. The zero-order valence-corrected chi connectivity index (χ0v) is 13.3. The van der Waals surface area contributed by atoms with Gasteiger partial charge in [-0.05, 0) is 38.5 Å². The van der Waals surface area contributed by atoms with Gasteiger partial charge in [-0.15, -0.1) is 0 Å². The second kappa shape index (κ2) is 6.05. The molecular formula is C16H28N4O. The van der Waals surface area contributed by atoms with Crippen LogP contribution in [0.25, 0.3) is 0 Å². The minimum Gasteiger partial charge on any atom is -0.394 e. The number of rotatable bonds is 6. The average molecular weight is 292 g/mol. The molecule has 21 heavy (non-hydrogen) atoms. The zero-order valence-electron chi connectivity index (χ0n) is 13.3. The summed E-state index contributed by atoms with van der Waals surface area (Å²) in [5, 5.41) is 18.4. The maximum atomic E-state index is 9.95. The molecule has 0 aromatic carbocycles. The van der Waals surface area contributed by atoms with Crippen molar-refractivity contribution in [3.63, 3.8) is 0 Å². The molecule has 1 heterocycles. The predicted octanol–water partition coefficient (Wildman–Crippen LogP) is 2.00. The van der Waals surface area contributed by atoms with Gasteiger partial charge in [-0.25, -0.2) is 9.67 Å². The average Bonchev–Trinajstić information content (AvgIpc) is 3.22. The molecule has 2 unspecified atom stereocenters. The molecule has 2 atom stereocenters. The van der Waals surface area contributed by atoms with Crippen LogP contribution in [0.2, 0.25) is 0 Å². The number of nitrogens with zero attached hydrogens (tertiary/aromatic N) is 3. The van der Waals surface area contributed by atoms with Crippen molar-refractivity contribution in [3.05, 3.63) is 11.6 Å². The molecule has 0 aliphatic heterocycles. The normalized spacial score (nSPS) is 29.8. The van der Waals surface area contributed by atoms with Gasteiger partial charge in [0, 0.05) is 24.4 Å². The summed E-state index contributed by atoms with van der Waals surface area (Å²) in [6.07, 6.45) is 8.67. The van der Waals surface area contributed by atoms with Crippen molar-refractivity contribution < 1.29 is 5.11 Å². The molecule has 0 amide bonds. The lowest BCUT2D eigenvalue weighted by Crippen LogP contribution is -2.53. The Morgan fingerprint density at radius 3 is 2.71 bits per heavy atom. The van der Waals surface area contributed by atoms with Gasteiger partial charge < -0.3 is 10.4 Å². The lowest BCUT2D eigenvalue weighted by Gasteiger charge is -2.41. The number of aromatic nitrogens is 3. The highest BCUT2D eigenvalue weighted by Crippen LogP contribution is 2.38. The number of nitrogens with one attached hydrogen (secondary N) is 1. The first-order valence-corrected chi connectivity index (χ1v) is 8.52. The first-order valence-electron chi connectivity index (χ1n) is 8.52. The van der Waals surface area contributed by atoms with Crippen LogP contribution in [0.4, 0.5) is 0 Å². The van der Waals surface area contributed by atoms with Gasteiger partial charge in [-0.3, -0.25) is 0 Å². The highest BCUT2D eigenvalue weighted by Gasteiger charge is 2.40. The van der Waals surface area contributed by atoms with Gasteiger partial charge in [0.15, 0.2) is 5.82 Å². The molecule has 2 aliphatic rings. The highest BCUT2D eigenvalue weighted by molar-refractivity contribution is 5.02. The van der Waals surface area contributed by atoms with E-state index in [1.54, 1.807) is 0 Å². The van der Waals surface area contributed by atoms with Crippen molar-refractivity contribution in [2.45, 2.75) is 82.8 Å². The van der Waals surface area contributed by atoms with Crippen LogP contribution in [-0.4, -0.2) is 38.1 Å². The third kappa shape index (κ3) is 3.14. The molecule has 0 bridgehead atoms. The van der Waals surface area contributed by atoms with Crippen LogP contribution >= 0.6 is 0 Å². The maximum absolute atomic E-state index is 9.95. The van der Waals surface area contributed by atoms with Crippen molar-refractivity contribution in [2.24, 2.45) is 0 Å². The maximum Gasteiger partial charge on any atom is 0.150 e. The number of hydrogen-bond acceptors (Lipinski definition) is 4. The van der Waals surface area contributed by atoms with E-state index >= 15 is 0 Å². The van der Waals surface area contributed by atoms with Gasteiger partial charge in [0.1, 0.15) is 5.82 Å². The van der Waals surface area contributed by atoms with Gasteiger partial charge in [0.05, 0.1) is 12.6 Å². The number of aliphatic hydroxyl groups is 1. The Balaban J connectivity index is 1.79. The molecule has 0 radical (unpaired) electrons. The Kier molecular flexibility index (Phi) is 4.31. The van der Waals surface area contributed by atoms with Gasteiger partial charge in [0.25, 0.3) is 0 Å². The fourth-order valence-corrected chi connectivity index (χ4v) is 3.61. The summed E-state index contributed by atoms with van der Waals surface area (Å²) in [6.45, 7) is 4.48. The first-order chi connectivity index (χ1) is 10.2. The van der Waals surface area contributed by atoms with E-state index in [4.69, 9.17) is 5.10 Å². The third-order valence-electron chi connectivity index (χ3n) is 4.93. The molecule has 2 aliphatic carbocycles. The summed E-state index contributed by atoms with van der Waals surface area (Å²) < 4.78 is 2.15. The SMILES string of the molecule is CCc1nc(CC)n(C2CCCC(CO)(NC3CC3)C2)n1. The Morgan fingerprint density at radius 2 is 2.10 bits per heavy atom. The summed E-state index contributed by atoms with van der Waals surface area (Å²) in [7, 11) is 0. The van der Waals surface area contributed by atoms with Crippen molar-refractivity contribution in [1.82, 2.24) is 20.1 Å². The lowest BCUT2D eigenvalue weighted by atomic mass is 9.79. The fraction of sp³-hybridized carbons (Fsp3) is 0.875. The van der Waals surface area contributed by atoms with E-state index in [0.29, 0.717) is 12.1 Å². The van der Waals surface area contributed by atoms with E-state index in [1.165, 1.54) is 12.8 Å². The minimum atomic E-state index is -0.104. The molecule has 2 fully saturated rings. The van der Waals surface area contributed by atoms with Gasteiger partial charge in [-0.2, -0.15) is 5.10 Å². The largest absolute Gasteiger partial charge is 0.394 e. The molecule has 3 rings (SSSR count). The molecule has 2 N–H and O–H groups in total. The van der Waals surface area contributed by atoms with E-state index in [9.17, 15) is 5.11 Å². The topological polar surface area (TPSA) is 63.0 Å². The van der Waals surface area contributed by atoms with E-state index in [1.807, 2.05) is 0 Å². The minimum absolute atomic E-state index is 0.104. The van der Waals surface area contributed by atoms with Crippen LogP contribution in [0.1, 0.15) is 70.1 Å². The Bertz CT molecular complexity index is 483. The standard InChI is InChI=1S/C16H28N4O/c1-3-14-17-15(4-2)20(19-14)13-6-5-9-16(10-13,11-21)18-12-7-8-12/h12-13,18,21H,3-11H2,1-2H3. The number of hydrogen-bond donors (Lipinski definition) is 2. The molecule has 0 spiro atoms. The molecule has 0 saturated heterocycles. The van der Waals surface area contributed by atoms with Crippen molar-refractivity contribution in [1.29, 1.82) is 0 Å². The molecule has 2 saturated carbocycles. The second-order valence-corrected chi connectivity index (χ2v) is 6.70. The first kappa shape index (κ1) is 15.0. The van der Waals surface area contributed by atoms with E-state index < -0.39 is 0 Å². The van der Waals surface area contributed by atoms with Crippen molar-refractivity contribution in [3.8, 4) is 0 Å². The summed E-state index contributed by atoms with van der Waals surface area (Å²) in [5.41, 5.74) is -0.104. The van der Waals surface area contributed by atoms with Crippen molar-refractivity contribution in [2.75, 3.05) is 6.61 Å². The Morgan fingerprint density at radius 1 is 1.29 bits per heavy atom. The Labute approximate surface area is 127 Å². The predicted molar refractivity (Wildman–Crippen MR) is 82.3 cm³/mol. The molecule has 1 aromatic heterocycles. The van der Waals surface area contributed by atoms with E-state index in [-0.39, 0.29) is 12.1 Å². The highest BCUT2D eigenvalue weighted by atomic mass is 16.3. The summed E-state index contributed by atoms with van der Waals surface area (Å²) in [6, 6.07) is 1.00. The number of aryl methyl sites for hydroxylation is 2. The molecular weight excluding hydrogens is 264 g/mol. The Hall–Kier alpha value is -0.940. The quantitative estimate of drug-likeness (QED) is 0.842. The van der Waals surface area contributed by atoms with E-state index in [0.717, 1.165) is 50.2 Å². The van der Waals surface area contributed by atoms with Crippen LogP contribution in [0, 0.1) is 0 Å². The second-order valence-electron chi connectivity index (χ2n) is 6.70. The third-order valence-corrected chi connectivity index (χ3v) is 4.93. The monoisotopic (exact) mass is 292 g/mol. The van der Waals surface area contributed by atoms with Crippen LogP contribution in [0.3, 0.4) is 0 Å². The molecule has 118 valence electrons.